The lowest BCUT2D eigenvalue weighted by molar-refractivity contribution is 0.846. The van der Waals surface area contributed by atoms with Crippen molar-refractivity contribution in [1.82, 2.24) is 0 Å². The maximum absolute atomic E-state index is 3.75. The van der Waals surface area contributed by atoms with E-state index in [2.05, 4.69) is 50.3 Å². The van der Waals surface area contributed by atoms with Crippen molar-refractivity contribution in [2.24, 2.45) is 5.92 Å². The first kappa shape index (κ1) is 10.2. The average molecular weight is 197 g/mol. The van der Waals surface area contributed by atoms with E-state index < -0.39 is 0 Å². The Balaban J connectivity index is 2.15. The molecule has 1 aromatic carbocycles. The van der Waals surface area contributed by atoms with Crippen molar-refractivity contribution >= 4 is 5.57 Å². The van der Waals surface area contributed by atoms with Crippen molar-refractivity contribution in [1.29, 1.82) is 0 Å². The zero-order valence-corrected chi connectivity index (χ0v) is 9.24. The Bertz CT molecular complexity index is 385. The van der Waals surface area contributed by atoms with E-state index >= 15 is 0 Å². The van der Waals surface area contributed by atoms with Gasteiger partial charge in [-0.05, 0) is 41.9 Å². The molecule has 0 aromatic heterocycles. The van der Waals surface area contributed by atoms with Gasteiger partial charge in [-0.25, -0.2) is 0 Å². The van der Waals surface area contributed by atoms with Crippen LogP contribution in [0, 0.1) is 12.3 Å². The maximum atomic E-state index is 3.75. The Morgan fingerprint density at radius 3 is 3.00 bits per heavy atom. The molecule has 77 valence electrons. The number of hydrogen-bond donors (Lipinski definition) is 0. The summed E-state index contributed by atoms with van der Waals surface area (Å²) in [5.74, 6) is 0.534. The molecule has 1 atom stereocenters. The Hall–Kier alpha value is -1.30. The molecule has 0 fully saturated rings. The van der Waals surface area contributed by atoms with Crippen LogP contribution in [0.1, 0.15) is 24.5 Å². The summed E-state index contributed by atoms with van der Waals surface area (Å²) in [6, 6.07) is 8.69. The molecule has 0 heterocycles. The molecule has 0 saturated heterocycles. The molecular formula is C15H17. The minimum absolute atomic E-state index is 0.534. The van der Waals surface area contributed by atoms with Gasteiger partial charge in [0.2, 0.25) is 0 Å². The van der Waals surface area contributed by atoms with Crippen molar-refractivity contribution in [3.8, 4) is 0 Å². The Morgan fingerprint density at radius 2 is 2.20 bits per heavy atom. The lowest BCUT2D eigenvalue weighted by Crippen LogP contribution is -1.97. The van der Waals surface area contributed by atoms with Crippen molar-refractivity contribution in [3.63, 3.8) is 0 Å². The van der Waals surface area contributed by atoms with E-state index in [4.69, 9.17) is 0 Å². The molecular weight excluding hydrogens is 180 g/mol. The van der Waals surface area contributed by atoms with Crippen molar-refractivity contribution < 1.29 is 0 Å². The van der Waals surface area contributed by atoms with Crippen LogP contribution in [0.4, 0.5) is 0 Å². The third kappa shape index (κ3) is 2.04. The lowest BCUT2D eigenvalue weighted by Gasteiger charge is -2.13. The van der Waals surface area contributed by atoms with Crippen LogP contribution in [-0.4, -0.2) is 0 Å². The fourth-order valence-electron chi connectivity index (χ4n) is 2.17. The third-order valence-corrected chi connectivity index (χ3v) is 3.02. The molecule has 0 aliphatic heterocycles. The van der Waals surface area contributed by atoms with Crippen LogP contribution < -0.4 is 0 Å². The summed E-state index contributed by atoms with van der Waals surface area (Å²) in [4.78, 5) is 0. The summed E-state index contributed by atoms with van der Waals surface area (Å²) in [5, 5.41) is 0. The first-order valence-electron chi connectivity index (χ1n) is 5.55. The zero-order valence-electron chi connectivity index (χ0n) is 9.24. The zero-order chi connectivity index (χ0) is 10.7. The van der Waals surface area contributed by atoms with Crippen LogP contribution >= 0.6 is 0 Å². The molecule has 0 nitrogen and oxygen atoms in total. The van der Waals surface area contributed by atoms with Gasteiger partial charge in [0.05, 0.1) is 0 Å². The predicted octanol–water partition coefficient (Wildman–Crippen LogP) is 4.04. The van der Waals surface area contributed by atoms with Crippen LogP contribution in [0.15, 0.2) is 43.0 Å². The van der Waals surface area contributed by atoms with Gasteiger partial charge in [0.1, 0.15) is 0 Å². The summed E-state index contributed by atoms with van der Waals surface area (Å²) in [5.41, 5.74) is 4.38. The fourth-order valence-corrected chi connectivity index (χ4v) is 2.17. The topological polar surface area (TPSA) is 0 Å². The van der Waals surface area contributed by atoms with Crippen molar-refractivity contribution in [2.45, 2.75) is 19.8 Å². The SMILES string of the molecule is C=CC[CH]C(C)C1=CCc2ccccc21. The number of fused-ring (bicyclic) bond motifs is 1. The normalized spacial score (nSPS) is 15.7. The highest BCUT2D eigenvalue weighted by atomic mass is 14.2. The summed E-state index contributed by atoms with van der Waals surface area (Å²) in [7, 11) is 0. The summed E-state index contributed by atoms with van der Waals surface area (Å²) >= 11 is 0. The Kier molecular flexibility index (Phi) is 3.05. The maximum Gasteiger partial charge on any atom is -0.00853 e. The van der Waals surface area contributed by atoms with Gasteiger partial charge < -0.3 is 0 Å². The minimum Gasteiger partial charge on any atom is -0.103 e. The van der Waals surface area contributed by atoms with Gasteiger partial charge >= 0.3 is 0 Å². The summed E-state index contributed by atoms with van der Waals surface area (Å²) in [6.45, 7) is 6.01. The second kappa shape index (κ2) is 4.48. The van der Waals surface area contributed by atoms with Gasteiger partial charge in [-0.2, -0.15) is 0 Å². The highest BCUT2D eigenvalue weighted by Crippen LogP contribution is 2.34. The molecule has 1 unspecified atom stereocenters. The molecule has 0 heteroatoms. The third-order valence-electron chi connectivity index (χ3n) is 3.02. The number of allylic oxidation sites excluding steroid dienone is 3. The van der Waals surface area contributed by atoms with Gasteiger partial charge in [0.25, 0.3) is 0 Å². The minimum atomic E-state index is 0.534. The second-order valence-corrected chi connectivity index (χ2v) is 4.07. The van der Waals surface area contributed by atoms with E-state index in [1.54, 1.807) is 0 Å². The van der Waals surface area contributed by atoms with E-state index in [1.807, 2.05) is 6.08 Å². The lowest BCUT2D eigenvalue weighted by atomic mass is 9.92. The monoisotopic (exact) mass is 197 g/mol. The van der Waals surface area contributed by atoms with E-state index in [0.717, 1.165) is 12.8 Å². The van der Waals surface area contributed by atoms with Crippen LogP contribution in [0.2, 0.25) is 0 Å². The van der Waals surface area contributed by atoms with Gasteiger partial charge in [0.15, 0.2) is 0 Å². The molecule has 2 rings (SSSR count). The first-order chi connectivity index (χ1) is 7.33. The highest BCUT2D eigenvalue weighted by molar-refractivity contribution is 5.74. The van der Waals surface area contributed by atoms with Crippen LogP contribution in [-0.2, 0) is 6.42 Å². The summed E-state index contributed by atoms with van der Waals surface area (Å²) < 4.78 is 0. The molecule has 1 aromatic rings. The summed E-state index contributed by atoms with van der Waals surface area (Å²) in [6.07, 6.45) is 8.71. The second-order valence-electron chi connectivity index (χ2n) is 4.07. The first-order valence-corrected chi connectivity index (χ1v) is 5.55. The molecule has 0 spiro atoms. The fraction of sp³-hybridized carbons (Fsp3) is 0.267. The van der Waals surface area contributed by atoms with Gasteiger partial charge in [0, 0.05) is 0 Å². The van der Waals surface area contributed by atoms with Crippen molar-refractivity contribution in [2.75, 3.05) is 0 Å². The quantitative estimate of drug-likeness (QED) is 0.639. The van der Waals surface area contributed by atoms with Crippen LogP contribution in [0.3, 0.4) is 0 Å². The van der Waals surface area contributed by atoms with Crippen LogP contribution in [0.5, 0.6) is 0 Å². The van der Waals surface area contributed by atoms with Gasteiger partial charge in [-0.1, -0.05) is 43.3 Å². The molecule has 1 aliphatic carbocycles. The molecule has 0 N–H and O–H groups in total. The van der Waals surface area contributed by atoms with E-state index in [0.29, 0.717) is 5.92 Å². The van der Waals surface area contributed by atoms with Gasteiger partial charge in [-0.3, -0.25) is 0 Å². The van der Waals surface area contributed by atoms with Crippen LogP contribution in [0.25, 0.3) is 5.57 Å². The number of hydrogen-bond acceptors (Lipinski definition) is 0. The molecule has 15 heavy (non-hydrogen) atoms. The van der Waals surface area contributed by atoms with Crippen molar-refractivity contribution in [3.05, 3.63) is 60.5 Å². The van der Waals surface area contributed by atoms with E-state index in [-0.39, 0.29) is 0 Å². The average Bonchev–Trinajstić information content (AvgIpc) is 2.69. The molecule has 0 amide bonds. The Labute approximate surface area is 92.3 Å². The van der Waals surface area contributed by atoms with E-state index in [1.165, 1.54) is 16.7 Å². The number of rotatable bonds is 4. The smallest absolute Gasteiger partial charge is 0.00853 e. The largest absolute Gasteiger partial charge is 0.103 e. The highest BCUT2D eigenvalue weighted by Gasteiger charge is 2.17. The van der Waals surface area contributed by atoms with Gasteiger partial charge in [-0.15, -0.1) is 6.58 Å². The Morgan fingerprint density at radius 1 is 1.40 bits per heavy atom. The molecule has 1 radical (unpaired) electrons. The predicted molar refractivity (Wildman–Crippen MR) is 66.4 cm³/mol. The van der Waals surface area contributed by atoms with E-state index in [9.17, 15) is 0 Å². The number of benzene rings is 1. The molecule has 0 bridgehead atoms. The molecule has 1 aliphatic rings. The molecule has 0 saturated carbocycles. The standard InChI is InChI=1S/C15H17/c1-3-4-7-12(2)14-11-10-13-8-5-6-9-15(13)14/h3,5-9,11-12H,1,4,10H2,2H3.